The van der Waals surface area contributed by atoms with Crippen molar-refractivity contribution in [1.82, 2.24) is 9.62 Å². The van der Waals surface area contributed by atoms with Gasteiger partial charge in [0.1, 0.15) is 12.4 Å². The van der Waals surface area contributed by atoms with Crippen LogP contribution in [-0.2, 0) is 14.8 Å². The fourth-order valence-corrected chi connectivity index (χ4v) is 4.72. The first kappa shape index (κ1) is 16.3. The Morgan fingerprint density at radius 1 is 1.24 bits per heavy atom. The summed E-state index contributed by atoms with van der Waals surface area (Å²) in [5.74, 6) is 0.712. The number of nitrogens with zero attached hydrogens (tertiary/aromatic N) is 3. The van der Waals surface area contributed by atoms with Crippen LogP contribution in [0.1, 0.15) is 12.8 Å². The molecule has 1 aliphatic carbocycles. The molecule has 0 aromatic heterocycles. The molecule has 0 saturated carbocycles. The van der Waals surface area contributed by atoms with Gasteiger partial charge in [0.2, 0.25) is 0 Å². The molecule has 4 rings (SSSR count). The Bertz CT molecular complexity index is 805. The number of nitrogens with one attached hydrogen (secondary N) is 1. The third kappa shape index (κ3) is 3.07. The van der Waals surface area contributed by atoms with Gasteiger partial charge in [-0.15, -0.1) is 0 Å². The highest BCUT2D eigenvalue weighted by Gasteiger charge is 2.38. The molecule has 0 radical (unpaired) electrons. The van der Waals surface area contributed by atoms with Crippen molar-refractivity contribution in [3.63, 3.8) is 0 Å². The standard InChI is InChI=1S/C17H20N4O3S/c22-25(23,17-19-9-10-20-17)21-11-3-5-14-15(21)6-1-7-16(14)24-12-13-4-2-8-18-13/h1,3,5-7,9-11,13,15,17-18H,2,4,8,12H2. The first-order valence-corrected chi connectivity index (χ1v) is 9.87. The van der Waals surface area contributed by atoms with E-state index >= 15 is 0 Å². The van der Waals surface area contributed by atoms with Crippen molar-refractivity contribution in [2.75, 3.05) is 13.2 Å². The molecule has 0 amide bonds. The minimum absolute atomic E-state index is 0.354. The van der Waals surface area contributed by atoms with E-state index in [-0.39, 0.29) is 0 Å². The zero-order valence-electron chi connectivity index (χ0n) is 13.7. The molecule has 4 aliphatic rings. The van der Waals surface area contributed by atoms with Crippen molar-refractivity contribution in [1.29, 1.82) is 0 Å². The summed E-state index contributed by atoms with van der Waals surface area (Å²) in [6.07, 6.45) is 15.8. The van der Waals surface area contributed by atoms with Gasteiger partial charge in [-0.25, -0.2) is 18.4 Å². The average Bonchev–Trinajstić information content (AvgIpc) is 3.33. The van der Waals surface area contributed by atoms with Crippen LogP contribution < -0.4 is 5.32 Å². The second kappa shape index (κ2) is 6.61. The molecule has 3 heterocycles. The number of hydrogen-bond donors (Lipinski definition) is 1. The van der Waals surface area contributed by atoms with Crippen molar-refractivity contribution < 1.29 is 13.2 Å². The largest absolute Gasteiger partial charge is 0.492 e. The Morgan fingerprint density at radius 3 is 2.84 bits per heavy atom. The summed E-state index contributed by atoms with van der Waals surface area (Å²) in [4.78, 5) is 7.84. The summed E-state index contributed by atoms with van der Waals surface area (Å²) >= 11 is 0. The van der Waals surface area contributed by atoms with Crippen molar-refractivity contribution in [2.24, 2.45) is 9.98 Å². The molecule has 132 valence electrons. The lowest BCUT2D eigenvalue weighted by molar-refractivity contribution is 0.188. The Labute approximate surface area is 147 Å². The Balaban J connectivity index is 1.53. The molecule has 7 nitrogen and oxygen atoms in total. The molecule has 1 fully saturated rings. The molecule has 8 heteroatoms. The lowest BCUT2D eigenvalue weighted by Gasteiger charge is -2.34. The third-order valence-electron chi connectivity index (χ3n) is 4.58. The summed E-state index contributed by atoms with van der Waals surface area (Å²) in [5, 5.41) is 3.40. The summed E-state index contributed by atoms with van der Waals surface area (Å²) in [6, 6.07) is -0.0791. The number of fused-ring (bicyclic) bond motifs is 1. The van der Waals surface area contributed by atoms with Gasteiger partial charge in [-0.1, -0.05) is 18.2 Å². The van der Waals surface area contributed by atoms with E-state index in [2.05, 4.69) is 15.3 Å². The zero-order chi connectivity index (χ0) is 17.3. The van der Waals surface area contributed by atoms with E-state index in [4.69, 9.17) is 4.74 Å². The molecule has 2 atom stereocenters. The van der Waals surface area contributed by atoms with Gasteiger partial charge in [0, 0.05) is 30.2 Å². The van der Waals surface area contributed by atoms with E-state index in [1.807, 2.05) is 24.3 Å². The van der Waals surface area contributed by atoms with Crippen LogP contribution in [0, 0.1) is 0 Å². The summed E-state index contributed by atoms with van der Waals surface area (Å²) in [5.41, 5.74) is -0.277. The molecule has 0 aromatic rings. The predicted octanol–water partition coefficient (Wildman–Crippen LogP) is 1.10. The van der Waals surface area contributed by atoms with Gasteiger partial charge >= 0.3 is 0 Å². The molecular weight excluding hydrogens is 340 g/mol. The van der Waals surface area contributed by atoms with Gasteiger partial charge < -0.3 is 10.1 Å². The molecule has 1 N–H and O–H groups in total. The first-order chi connectivity index (χ1) is 12.2. The van der Waals surface area contributed by atoms with Gasteiger partial charge in [-0.05, 0) is 31.5 Å². The molecule has 0 bridgehead atoms. The average molecular weight is 360 g/mol. The van der Waals surface area contributed by atoms with Crippen LogP contribution in [0.25, 0.3) is 0 Å². The highest BCUT2D eigenvalue weighted by Crippen LogP contribution is 2.32. The van der Waals surface area contributed by atoms with Crippen LogP contribution in [0.15, 0.2) is 57.9 Å². The maximum atomic E-state index is 12.8. The summed E-state index contributed by atoms with van der Waals surface area (Å²) in [6.45, 7) is 1.60. The molecule has 3 aliphatic heterocycles. The lowest BCUT2D eigenvalue weighted by atomic mass is 9.98. The van der Waals surface area contributed by atoms with E-state index in [0.717, 1.165) is 25.0 Å². The smallest absolute Gasteiger partial charge is 0.279 e. The van der Waals surface area contributed by atoms with E-state index in [9.17, 15) is 8.42 Å². The Hall–Kier alpha value is -2.19. The third-order valence-corrected chi connectivity index (χ3v) is 6.30. The number of hydrogen-bond acceptors (Lipinski definition) is 6. The molecule has 25 heavy (non-hydrogen) atoms. The van der Waals surface area contributed by atoms with Crippen LogP contribution in [0.3, 0.4) is 0 Å². The zero-order valence-corrected chi connectivity index (χ0v) is 14.5. The fraction of sp³-hybridized carbons (Fsp3) is 0.412. The highest BCUT2D eigenvalue weighted by molar-refractivity contribution is 7.89. The summed E-state index contributed by atoms with van der Waals surface area (Å²) < 4.78 is 33.0. The predicted molar refractivity (Wildman–Crippen MR) is 96.7 cm³/mol. The van der Waals surface area contributed by atoms with E-state index in [0.29, 0.717) is 18.4 Å². The number of sulfonamides is 1. The van der Waals surface area contributed by atoms with Gasteiger partial charge in [-0.2, -0.15) is 0 Å². The minimum atomic E-state index is -3.72. The van der Waals surface area contributed by atoms with Crippen LogP contribution in [-0.4, -0.2) is 55.9 Å². The molecular formula is C17H20N4O3S. The van der Waals surface area contributed by atoms with E-state index < -0.39 is 21.6 Å². The topological polar surface area (TPSA) is 83.4 Å². The van der Waals surface area contributed by atoms with Crippen LogP contribution >= 0.6 is 0 Å². The van der Waals surface area contributed by atoms with Crippen molar-refractivity contribution >= 4 is 22.5 Å². The van der Waals surface area contributed by atoms with Gasteiger partial charge in [0.25, 0.3) is 15.5 Å². The monoisotopic (exact) mass is 360 g/mol. The molecule has 0 aromatic carbocycles. The Morgan fingerprint density at radius 2 is 2.08 bits per heavy atom. The number of rotatable bonds is 5. The quantitative estimate of drug-likeness (QED) is 0.796. The van der Waals surface area contributed by atoms with E-state index in [1.54, 1.807) is 12.3 Å². The number of allylic oxidation sites excluding steroid dienone is 4. The second-order valence-electron chi connectivity index (χ2n) is 6.23. The number of aliphatic imine (C=N–C) groups is 2. The fourth-order valence-electron chi connectivity index (χ4n) is 3.31. The van der Waals surface area contributed by atoms with Crippen LogP contribution in [0.4, 0.5) is 0 Å². The maximum absolute atomic E-state index is 12.8. The highest BCUT2D eigenvalue weighted by atomic mass is 32.2. The molecule has 2 unspecified atom stereocenters. The lowest BCUT2D eigenvalue weighted by Crippen LogP contribution is -2.42. The van der Waals surface area contributed by atoms with Gasteiger partial charge in [0.15, 0.2) is 0 Å². The molecule has 0 spiro atoms. The Kier molecular flexibility index (Phi) is 4.30. The summed E-state index contributed by atoms with van der Waals surface area (Å²) in [7, 11) is -3.72. The molecule has 1 saturated heterocycles. The minimum Gasteiger partial charge on any atom is -0.492 e. The maximum Gasteiger partial charge on any atom is 0.279 e. The normalized spacial score (nSPS) is 28.2. The van der Waals surface area contributed by atoms with Crippen LogP contribution in [0.2, 0.25) is 0 Å². The van der Waals surface area contributed by atoms with Crippen molar-refractivity contribution in [3.05, 3.63) is 47.9 Å². The van der Waals surface area contributed by atoms with Crippen molar-refractivity contribution in [3.8, 4) is 0 Å². The number of ether oxygens (including phenoxy) is 1. The first-order valence-electron chi connectivity index (χ1n) is 8.37. The van der Waals surface area contributed by atoms with E-state index in [1.165, 1.54) is 16.7 Å². The van der Waals surface area contributed by atoms with Crippen molar-refractivity contribution in [2.45, 2.75) is 30.4 Å². The SMILES string of the molecule is O=S(=O)(C1N=CC=N1)N1C=CC=C2C(OCC3CCCN3)=CC=CC21. The second-order valence-corrected chi connectivity index (χ2v) is 8.10. The van der Waals surface area contributed by atoms with Gasteiger partial charge in [-0.3, -0.25) is 4.31 Å². The van der Waals surface area contributed by atoms with Crippen LogP contribution in [0.5, 0.6) is 0 Å². The van der Waals surface area contributed by atoms with Gasteiger partial charge in [0.05, 0.1) is 6.04 Å².